The highest BCUT2D eigenvalue weighted by molar-refractivity contribution is 5.98. The second-order valence-electron chi connectivity index (χ2n) is 6.95. The maximum absolute atomic E-state index is 12.3. The molecule has 0 spiro atoms. The number of rotatable bonds is 10. The van der Waals surface area contributed by atoms with Gasteiger partial charge in [0.05, 0.1) is 12.6 Å². The highest BCUT2D eigenvalue weighted by Gasteiger charge is 2.16. The molecule has 7 heteroatoms. The first-order valence-electron chi connectivity index (χ1n) is 10.0. The Morgan fingerprint density at radius 3 is 2.73 bits per heavy atom. The molecule has 1 unspecified atom stereocenters. The quantitative estimate of drug-likeness (QED) is 0.525. The number of carbonyl (C=O) groups excluding carboxylic acids is 2. The van der Waals surface area contributed by atoms with E-state index in [0.29, 0.717) is 24.4 Å². The van der Waals surface area contributed by atoms with Crippen LogP contribution in [0.3, 0.4) is 0 Å². The van der Waals surface area contributed by atoms with Gasteiger partial charge >= 0.3 is 0 Å². The van der Waals surface area contributed by atoms with Crippen LogP contribution in [0.25, 0.3) is 0 Å². The zero-order valence-corrected chi connectivity index (χ0v) is 16.9. The predicted octanol–water partition coefficient (Wildman–Crippen LogP) is 3.21. The second kappa shape index (κ2) is 11.0. The van der Waals surface area contributed by atoms with E-state index in [0.717, 1.165) is 30.9 Å². The minimum Gasteiger partial charge on any atom is -0.490 e. The van der Waals surface area contributed by atoms with Crippen molar-refractivity contribution in [1.29, 1.82) is 0 Å². The van der Waals surface area contributed by atoms with Crippen LogP contribution in [0.15, 0.2) is 61.2 Å². The monoisotopic (exact) mass is 409 g/mol. The van der Waals surface area contributed by atoms with Gasteiger partial charge in [-0.2, -0.15) is 0 Å². The molecule has 1 heterocycles. The minimum atomic E-state index is -0.209. The molecule has 7 nitrogen and oxygen atoms in total. The predicted molar refractivity (Wildman–Crippen MR) is 117 cm³/mol. The first-order valence-corrected chi connectivity index (χ1v) is 10.0. The Labute approximate surface area is 176 Å². The molecule has 0 bridgehead atoms. The standard InChI is InChI=1S/C23H27N3O4/c1-2-12-29-20-10-8-18(9-11-20)24-16-22(27)26-19-6-3-5-17(14-19)23(28)25-15-21-7-4-13-30-21/h2-3,5-6,8-11,14,21,24H,1,4,7,12-13,15-16H2,(H,25,28)(H,26,27). The molecule has 3 rings (SSSR count). The summed E-state index contributed by atoms with van der Waals surface area (Å²) in [5.41, 5.74) is 1.87. The normalized spacial score (nSPS) is 15.3. The van der Waals surface area contributed by atoms with Gasteiger partial charge in [0.25, 0.3) is 5.91 Å². The van der Waals surface area contributed by atoms with Gasteiger partial charge in [-0.3, -0.25) is 9.59 Å². The molecular formula is C23H27N3O4. The maximum Gasteiger partial charge on any atom is 0.251 e. The molecule has 158 valence electrons. The number of hydrogen-bond donors (Lipinski definition) is 3. The van der Waals surface area contributed by atoms with E-state index in [9.17, 15) is 9.59 Å². The summed E-state index contributed by atoms with van der Waals surface area (Å²) < 4.78 is 10.9. The Balaban J connectivity index is 1.46. The summed E-state index contributed by atoms with van der Waals surface area (Å²) >= 11 is 0. The van der Waals surface area contributed by atoms with Gasteiger partial charge in [0, 0.05) is 30.1 Å². The van der Waals surface area contributed by atoms with Crippen LogP contribution >= 0.6 is 0 Å². The number of anilines is 2. The van der Waals surface area contributed by atoms with E-state index in [2.05, 4.69) is 22.5 Å². The molecule has 30 heavy (non-hydrogen) atoms. The molecule has 2 aromatic carbocycles. The molecule has 2 aromatic rings. The van der Waals surface area contributed by atoms with Crippen molar-refractivity contribution in [2.75, 3.05) is 36.9 Å². The molecule has 1 fully saturated rings. The van der Waals surface area contributed by atoms with Crippen molar-refractivity contribution in [3.8, 4) is 5.75 Å². The summed E-state index contributed by atoms with van der Waals surface area (Å²) in [5.74, 6) is 0.344. The molecule has 3 N–H and O–H groups in total. The molecule has 1 aliphatic heterocycles. The molecule has 2 amide bonds. The van der Waals surface area contributed by atoms with Crippen LogP contribution in [-0.4, -0.2) is 44.2 Å². The van der Waals surface area contributed by atoms with Crippen LogP contribution in [0.1, 0.15) is 23.2 Å². The van der Waals surface area contributed by atoms with Gasteiger partial charge in [-0.25, -0.2) is 0 Å². The molecule has 0 saturated carbocycles. The largest absolute Gasteiger partial charge is 0.490 e. The summed E-state index contributed by atoms with van der Waals surface area (Å²) in [6, 6.07) is 14.2. The van der Waals surface area contributed by atoms with E-state index < -0.39 is 0 Å². The Morgan fingerprint density at radius 2 is 2.00 bits per heavy atom. The van der Waals surface area contributed by atoms with E-state index in [4.69, 9.17) is 9.47 Å². The van der Waals surface area contributed by atoms with Gasteiger partial charge in [-0.05, 0) is 55.3 Å². The Bertz CT molecular complexity index is 861. The number of hydrogen-bond acceptors (Lipinski definition) is 5. The van der Waals surface area contributed by atoms with Crippen molar-refractivity contribution in [3.05, 3.63) is 66.7 Å². The van der Waals surface area contributed by atoms with E-state index in [1.54, 1.807) is 30.3 Å². The van der Waals surface area contributed by atoms with Gasteiger partial charge < -0.3 is 25.4 Å². The Morgan fingerprint density at radius 1 is 1.17 bits per heavy atom. The Kier molecular flexibility index (Phi) is 7.86. The number of benzene rings is 2. The van der Waals surface area contributed by atoms with Crippen LogP contribution in [0.2, 0.25) is 0 Å². The SMILES string of the molecule is C=CCOc1ccc(NCC(=O)Nc2cccc(C(=O)NCC3CCCO3)c2)cc1. The summed E-state index contributed by atoms with van der Waals surface area (Å²) in [5, 5.41) is 8.74. The number of amides is 2. The van der Waals surface area contributed by atoms with Crippen LogP contribution in [0, 0.1) is 0 Å². The number of carbonyl (C=O) groups is 2. The zero-order chi connectivity index (χ0) is 21.2. The molecular weight excluding hydrogens is 382 g/mol. The van der Waals surface area contributed by atoms with Crippen molar-refractivity contribution < 1.29 is 19.1 Å². The van der Waals surface area contributed by atoms with Gasteiger partial charge in [-0.1, -0.05) is 18.7 Å². The third kappa shape index (κ3) is 6.63. The topological polar surface area (TPSA) is 88.7 Å². The fourth-order valence-corrected chi connectivity index (χ4v) is 3.06. The van der Waals surface area contributed by atoms with Crippen molar-refractivity contribution >= 4 is 23.2 Å². The average molecular weight is 409 g/mol. The first kappa shape index (κ1) is 21.4. The Hall–Kier alpha value is -3.32. The van der Waals surface area contributed by atoms with E-state index >= 15 is 0 Å². The van der Waals surface area contributed by atoms with Crippen LogP contribution < -0.4 is 20.7 Å². The third-order valence-electron chi connectivity index (χ3n) is 4.60. The molecule has 1 atom stereocenters. The lowest BCUT2D eigenvalue weighted by molar-refractivity contribution is -0.114. The second-order valence-corrected chi connectivity index (χ2v) is 6.95. The lowest BCUT2D eigenvalue weighted by atomic mass is 10.1. The summed E-state index contributed by atoms with van der Waals surface area (Å²) in [4.78, 5) is 24.6. The smallest absolute Gasteiger partial charge is 0.251 e. The number of ether oxygens (including phenoxy) is 2. The fraction of sp³-hybridized carbons (Fsp3) is 0.304. The fourth-order valence-electron chi connectivity index (χ4n) is 3.06. The zero-order valence-electron chi connectivity index (χ0n) is 16.9. The van der Waals surface area contributed by atoms with Crippen LogP contribution in [0.4, 0.5) is 11.4 Å². The van der Waals surface area contributed by atoms with E-state index in [1.165, 1.54) is 0 Å². The molecule has 0 radical (unpaired) electrons. The highest BCUT2D eigenvalue weighted by Crippen LogP contribution is 2.16. The molecule has 1 saturated heterocycles. The van der Waals surface area contributed by atoms with E-state index in [-0.39, 0.29) is 24.5 Å². The van der Waals surface area contributed by atoms with Gasteiger partial charge in [0.15, 0.2) is 0 Å². The summed E-state index contributed by atoms with van der Waals surface area (Å²) in [7, 11) is 0. The van der Waals surface area contributed by atoms with Crippen molar-refractivity contribution in [3.63, 3.8) is 0 Å². The molecule has 0 aromatic heterocycles. The van der Waals surface area contributed by atoms with Crippen molar-refractivity contribution in [2.45, 2.75) is 18.9 Å². The lowest BCUT2D eigenvalue weighted by Gasteiger charge is -2.12. The van der Waals surface area contributed by atoms with Crippen LogP contribution in [0.5, 0.6) is 5.75 Å². The van der Waals surface area contributed by atoms with Crippen molar-refractivity contribution in [1.82, 2.24) is 5.32 Å². The molecule has 1 aliphatic rings. The van der Waals surface area contributed by atoms with Gasteiger partial charge in [0.1, 0.15) is 12.4 Å². The summed E-state index contributed by atoms with van der Waals surface area (Å²) in [6.07, 6.45) is 3.77. The minimum absolute atomic E-state index is 0.0884. The van der Waals surface area contributed by atoms with E-state index in [1.807, 2.05) is 24.3 Å². The third-order valence-corrected chi connectivity index (χ3v) is 4.60. The van der Waals surface area contributed by atoms with Gasteiger partial charge in [0.2, 0.25) is 5.91 Å². The average Bonchev–Trinajstić information content (AvgIpc) is 3.29. The van der Waals surface area contributed by atoms with Crippen molar-refractivity contribution in [2.24, 2.45) is 0 Å². The lowest BCUT2D eigenvalue weighted by Crippen LogP contribution is -2.31. The van der Waals surface area contributed by atoms with Gasteiger partial charge in [-0.15, -0.1) is 0 Å². The highest BCUT2D eigenvalue weighted by atomic mass is 16.5. The molecule has 0 aliphatic carbocycles. The summed E-state index contributed by atoms with van der Waals surface area (Å²) in [6.45, 7) is 5.40. The first-order chi connectivity index (χ1) is 14.6. The van der Waals surface area contributed by atoms with Crippen LogP contribution in [-0.2, 0) is 9.53 Å². The maximum atomic E-state index is 12.3. The number of nitrogens with one attached hydrogen (secondary N) is 3.